The molecule has 0 saturated heterocycles. The molecule has 0 aromatic heterocycles. The zero-order chi connectivity index (χ0) is 20.4. The van der Waals surface area contributed by atoms with E-state index in [1.54, 1.807) is 24.3 Å². The molecule has 0 unspecified atom stereocenters. The lowest BCUT2D eigenvalue weighted by Crippen LogP contribution is -2.19. The van der Waals surface area contributed by atoms with Gasteiger partial charge in [0, 0.05) is 16.1 Å². The number of hydrogen-bond donors (Lipinski definition) is 1. The van der Waals surface area contributed by atoms with E-state index in [1.165, 1.54) is 30.3 Å². The summed E-state index contributed by atoms with van der Waals surface area (Å²) in [5, 5.41) is 2.64. The molecule has 29 heavy (non-hydrogen) atoms. The third-order valence-corrected chi connectivity index (χ3v) is 4.87. The Bertz CT molecular complexity index is 1120. The van der Waals surface area contributed by atoms with E-state index in [4.69, 9.17) is 9.47 Å². The molecule has 146 valence electrons. The van der Waals surface area contributed by atoms with Crippen molar-refractivity contribution in [2.24, 2.45) is 0 Å². The highest BCUT2D eigenvalue weighted by Crippen LogP contribution is 2.37. The average molecular weight is 456 g/mol. The fourth-order valence-electron chi connectivity index (χ4n) is 3.00. The van der Waals surface area contributed by atoms with Crippen LogP contribution in [0, 0.1) is 5.82 Å². The molecular formula is C22H15BrFNO4. The minimum atomic E-state index is -0.664. The summed E-state index contributed by atoms with van der Waals surface area (Å²) in [6, 6.07) is 15.6. The minimum Gasteiger partial charge on any atom is -0.486 e. The third kappa shape index (κ3) is 4.00. The van der Waals surface area contributed by atoms with Crippen LogP contribution in [0.2, 0.25) is 0 Å². The van der Waals surface area contributed by atoms with Crippen LogP contribution in [0.1, 0.15) is 26.3 Å². The van der Waals surface area contributed by atoms with Gasteiger partial charge in [0.1, 0.15) is 19.0 Å². The molecule has 0 spiro atoms. The first-order valence-corrected chi connectivity index (χ1v) is 9.62. The van der Waals surface area contributed by atoms with Gasteiger partial charge < -0.3 is 14.8 Å². The van der Waals surface area contributed by atoms with Crippen molar-refractivity contribution in [1.82, 2.24) is 0 Å². The first kappa shape index (κ1) is 19.1. The molecule has 4 rings (SSSR count). The molecule has 0 bridgehead atoms. The molecule has 0 radical (unpaired) electrons. The maximum Gasteiger partial charge on any atom is 0.258 e. The number of rotatable bonds is 4. The van der Waals surface area contributed by atoms with Crippen molar-refractivity contribution in [3.8, 4) is 11.5 Å². The van der Waals surface area contributed by atoms with E-state index in [-0.39, 0.29) is 22.6 Å². The van der Waals surface area contributed by atoms with Crippen LogP contribution in [0.3, 0.4) is 0 Å². The van der Waals surface area contributed by atoms with E-state index in [0.717, 1.165) is 4.47 Å². The predicted octanol–water partition coefficient (Wildman–Crippen LogP) is 4.84. The summed E-state index contributed by atoms with van der Waals surface area (Å²) in [5.41, 5.74) is 0.741. The van der Waals surface area contributed by atoms with Crippen molar-refractivity contribution in [3.05, 3.63) is 87.6 Å². The molecule has 1 aliphatic heterocycles. The molecule has 1 N–H and O–H groups in total. The van der Waals surface area contributed by atoms with E-state index >= 15 is 0 Å². The Balaban J connectivity index is 1.76. The molecule has 1 amide bonds. The monoisotopic (exact) mass is 455 g/mol. The van der Waals surface area contributed by atoms with Gasteiger partial charge >= 0.3 is 0 Å². The van der Waals surface area contributed by atoms with Gasteiger partial charge in [-0.05, 0) is 30.3 Å². The smallest absolute Gasteiger partial charge is 0.258 e. The summed E-state index contributed by atoms with van der Waals surface area (Å²) in [5.74, 6) is -0.804. The molecule has 0 saturated carbocycles. The number of amides is 1. The van der Waals surface area contributed by atoms with Gasteiger partial charge in [-0.1, -0.05) is 40.2 Å². The summed E-state index contributed by atoms with van der Waals surface area (Å²) in [7, 11) is 0. The van der Waals surface area contributed by atoms with Crippen molar-refractivity contribution in [2.75, 3.05) is 18.5 Å². The Morgan fingerprint density at radius 2 is 1.62 bits per heavy atom. The Labute approximate surface area is 174 Å². The van der Waals surface area contributed by atoms with E-state index in [0.29, 0.717) is 30.3 Å². The molecule has 0 aliphatic carbocycles. The SMILES string of the molecule is O=C(Nc1cc2c(cc1C(=O)c1cccc(Br)c1)OCCO2)c1ccccc1F. The largest absolute Gasteiger partial charge is 0.486 e. The quantitative estimate of drug-likeness (QED) is 0.571. The van der Waals surface area contributed by atoms with Crippen LogP contribution in [0.25, 0.3) is 0 Å². The Morgan fingerprint density at radius 3 is 2.34 bits per heavy atom. The van der Waals surface area contributed by atoms with Gasteiger partial charge in [0.15, 0.2) is 17.3 Å². The molecule has 3 aromatic carbocycles. The summed E-state index contributed by atoms with van der Waals surface area (Å²) in [6.45, 7) is 0.713. The second kappa shape index (κ2) is 8.05. The van der Waals surface area contributed by atoms with Gasteiger partial charge in [0.05, 0.1) is 16.8 Å². The fourth-order valence-corrected chi connectivity index (χ4v) is 3.40. The number of carbonyl (C=O) groups excluding carboxylic acids is 2. The van der Waals surface area contributed by atoms with Gasteiger partial charge in [0.25, 0.3) is 5.91 Å². The van der Waals surface area contributed by atoms with Crippen molar-refractivity contribution < 1.29 is 23.5 Å². The van der Waals surface area contributed by atoms with E-state index < -0.39 is 11.7 Å². The predicted molar refractivity (Wildman–Crippen MR) is 109 cm³/mol. The zero-order valence-electron chi connectivity index (χ0n) is 15.1. The van der Waals surface area contributed by atoms with Crippen molar-refractivity contribution >= 4 is 33.3 Å². The van der Waals surface area contributed by atoms with Crippen molar-refractivity contribution in [1.29, 1.82) is 0 Å². The van der Waals surface area contributed by atoms with Crippen molar-refractivity contribution in [2.45, 2.75) is 0 Å². The first-order valence-electron chi connectivity index (χ1n) is 8.83. The lowest BCUT2D eigenvalue weighted by molar-refractivity contribution is 0.102. The second-order valence-electron chi connectivity index (χ2n) is 6.31. The number of hydrogen-bond acceptors (Lipinski definition) is 4. The van der Waals surface area contributed by atoms with Crippen LogP contribution < -0.4 is 14.8 Å². The van der Waals surface area contributed by atoms with Crippen LogP contribution in [-0.2, 0) is 0 Å². The number of halogens is 2. The Morgan fingerprint density at radius 1 is 0.897 bits per heavy atom. The molecule has 1 aliphatic rings. The summed E-state index contributed by atoms with van der Waals surface area (Å²) >= 11 is 3.35. The van der Waals surface area contributed by atoms with Crippen LogP contribution in [0.15, 0.2) is 65.1 Å². The first-order chi connectivity index (χ1) is 14.0. The summed E-state index contributed by atoms with van der Waals surface area (Å²) < 4.78 is 25.9. The standard InChI is InChI=1S/C22H15BrFNO4/c23-14-5-3-4-13(10-14)21(26)16-11-19-20(29-9-8-28-19)12-18(16)25-22(27)15-6-1-2-7-17(15)24/h1-7,10-12H,8-9H2,(H,25,27). The average Bonchev–Trinajstić information content (AvgIpc) is 2.73. The van der Waals surface area contributed by atoms with Gasteiger partial charge in [-0.25, -0.2) is 4.39 Å². The second-order valence-corrected chi connectivity index (χ2v) is 7.23. The summed E-state index contributed by atoms with van der Waals surface area (Å²) in [4.78, 5) is 25.8. The van der Waals surface area contributed by atoms with Gasteiger partial charge in [0.2, 0.25) is 0 Å². The highest BCUT2D eigenvalue weighted by atomic mass is 79.9. The van der Waals surface area contributed by atoms with Crippen LogP contribution in [-0.4, -0.2) is 24.9 Å². The molecule has 0 atom stereocenters. The maximum absolute atomic E-state index is 14.0. The number of carbonyl (C=O) groups is 2. The molecule has 1 heterocycles. The lowest BCUT2D eigenvalue weighted by atomic mass is 10.0. The number of ketones is 1. The Kier molecular flexibility index (Phi) is 5.31. The highest BCUT2D eigenvalue weighted by molar-refractivity contribution is 9.10. The van der Waals surface area contributed by atoms with Crippen molar-refractivity contribution in [3.63, 3.8) is 0 Å². The van der Waals surface area contributed by atoms with Gasteiger partial charge in [-0.3, -0.25) is 9.59 Å². The zero-order valence-corrected chi connectivity index (χ0v) is 16.7. The molecule has 0 fully saturated rings. The van der Waals surface area contributed by atoms with Crippen LogP contribution in [0.5, 0.6) is 11.5 Å². The number of fused-ring (bicyclic) bond motifs is 1. The molecule has 3 aromatic rings. The van der Waals surface area contributed by atoms with Gasteiger partial charge in [-0.2, -0.15) is 0 Å². The van der Waals surface area contributed by atoms with E-state index in [1.807, 2.05) is 6.07 Å². The molecule has 5 nitrogen and oxygen atoms in total. The van der Waals surface area contributed by atoms with E-state index in [9.17, 15) is 14.0 Å². The number of nitrogens with one attached hydrogen (secondary N) is 1. The maximum atomic E-state index is 14.0. The fraction of sp³-hybridized carbons (Fsp3) is 0.0909. The van der Waals surface area contributed by atoms with Crippen LogP contribution >= 0.6 is 15.9 Å². The highest BCUT2D eigenvalue weighted by Gasteiger charge is 2.23. The Hall–Kier alpha value is -3.19. The molecule has 7 heteroatoms. The van der Waals surface area contributed by atoms with Gasteiger partial charge in [-0.15, -0.1) is 0 Å². The summed E-state index contributed by atoms with van der Waals surface area (Å²) in [6.07, 6.45) is 0. The normalized spacial score (nSPS) is 12.3. The van der Waals surface area contributed by atoms with Crippen LogP contribution in [0.4, 0.5) is 10.1 Å². The number of ether oxygens (including phenoxy) is 2. The lowest BCUT2D eigenvalue weighted by Gasteiger charge is -2.21. The van der Waals surface area contributed by atoms with E-state index in [2.05, 4.69) is 21.2 Å². The number of anilines is 1. The number of benzene rings is 3. The molecular weight excluding hydrogens is 441 g/mol. The third-order valence-electron chi connectivity index (χ3n) is 4.38. The minimum absolute atomic E-state index is 0.122. The topological polar surface area (TPSA) is 64.6 Å².